The van der Waals surface area contributed by atoms with Crippen molar-refractivity contribution >= 4 is 3.79 Å². The molecule has 0 aromatic heterocycles. The summed E-state index contributed by atoms with van der Waals surface area (Å²) in [4.78, 5) is 15.2. The van der Waals surface area contributed by atoms with Gasteiger partial charge < -0.3 is 0 Å². The first-order valence-electron chi connectivity index (χ1n) is 8.19. The van der Waals surface area contributed by atoms with Gasteiger partial charge in [0.1, 0.15) is 0 Å². The summed E-state index contributed by atoms with van der Waals surface area (Å²) in [5.74, 6) is 2.40. The number of rotatable bonds is 4. The second-order valence-corrected chi connectivity index (χ2v) is 9.59. The summed E-state index contributed by atoms with van der Waals surface area (Å²) in [5.41, 5.74) is 2.61. The fraction of sp³-hybridized carbons (Fsp3) is 0.611. The molecule has 1 fully saturated rings. The number of nitrogens with zero attached hydrogens (tertiary/aromatic N) is 1. The SMILES string of the molecule is COc1cc2c(cc1OC)C1[I-]C(=O)C(CC(C)C)CN1CC2. The summed E-state index contributed by atoms with van der Waals surface area (Å²) in [7, 11) is 3.34. The van der Waals surface area contributed by atoms with Gasteiger partial charge in [-0.3, -0.25) is 0 Å². The number of alkyl halides is 1. The Labute approximate surface area is 148 Å². The Bertz CT molecular complexity index is 602. The predicted octanol–water partition coefficient (Wildman–Crippen LogP) is -0.148. The van der Waals surface area contributed by atoms with Gasteiger partial charge in [0.05, 0.1) is 0 Å². The second kappa shape index (κ2) is 6.97. The van der Waals surface area contributed by atoms with Crippen LogP contribution in [0.15, 0.2) is 12.1 Å². The van der Waals surface area contributed by atoms with Crippen LogP contribution in [0.4, 0.5) is 0 Å². The van der Waals surface area contributed by atoms with E-state index in [-0.39, 0.29) is 5.92 Å². The molecule has 2 unspecified atom stereocenters. The van der Waals surface area contributed by atoms with Crippen molar-refractivity contribution in [3.8, 4) is 11.5 Å². The van der Waals surface area contributed by atoms with Gasteiger partial charge in [-0.05, 0) is 0 Å². The molecule has 2 heterocycles. The third-order valence-corrected chi connectivity index (χ3v) is 8.18. The predicted molar refractivity (Wildman–Crippen MR) is 85.5 cm³/mol. The van der Waals surface area contributed by atoms with Crippen molar-refractivity contribution in [1.82, 2.24) is 4.90 Å². The Kier molecular flexibility index (Phi) is 5.16. The van der Waals surface area contributed by atoms with Crippen molar-refractivity contribution in [3.05, 3.63) is 23.3 Å². The number of ether oxygens (including phenoxy) is 2. The number of carbonyl (C=O) groups excluding carboxylic acids is 1. The quantitative estimate of drug-likeness (QED) is 0.289. The van der Waals surface area contributed by atoms with E-state index in [1.165, 1.54) is 11.1 Å². The molecule has 1 aromatic rings. The fourth-order valence-corrected chi connectivity index (χ4v) is 6.90. The van der Waals surface area contributed by atoms with Crippen LogP contribution in [0, 0.1) is 11.8 Å². The first-order valence-corrected chi connectivity index (χ1v) is 10.5. The van der Waals surface area contributed by atoms with Crippen molar-refractivity contribution in [2.45, 2.75) is 30.7 Å². The van der Waals surface area contributed by atoms with Gasteiger partial charge >= 0.3 is 149 Å². The number of hydrogen-bond acceptors (Lipinski definition) is 4. The molecule has 4 nitrogen and oxygen atoms in total. The zero-order valence-electron chi connectivity index (χ0n) is 14.3. The van der Waals surface area contributed by atoms with E-state index in [9.17, 15) is 4.79 Å². The average molecular weight is 430 g/mol. The molecule has 2 atom stereocenters. The molecule has 0 aliphatic carbocycles. The zero-order chi connectivity index (χ0) is 16.6. The van der Waals surface area contributed by atoms with E-state index in [0.717, 1.165) is 37.4 Å². The van der Waals surface area contributed by atoms with Crippen LogP contribution in [0.5, 0.6) is 11.5 Å². The Morgan fingerprint density at radius 1 is 1.26 bits per heavy atom. The molecule has 0 radical (unpaired) electrons. The van der Waals surface area contributed by atoms with Crippen molar-refractivity contribution < 1.29 is 35.5 Å². The fourth-order valence-electron chi connectivity index (χ4n) is 3.54. The van der Waals surface area contributed by atoms with E-state index in [2.05, 4.69) is 30.9 Å². The zero-order valence-corrected chi connectivity index (χ0v) is 16.4. The van der Waals surface area contributed by atoms with Gasteiger partial charge in [-0.2, -0.15) is 0 Å². The summed E-state index contributed by atoms with van der Waals surface area (Å²) in [5, 5.41) is 0. The van der Waals surface area contributed by atoms with Crippen LogP contribution in [0.1, 0.15) is 35.4 Å². The molecular weight excluding hydrogens is 405 g/mol. The van der Waals surface area contributed by atoms with Crippen LogP contribution in [0.2, 0.25) is 0 Å². The van der Waals surface area contributed by atoms with Gasteiger partial charge in [-0.15, -0.1) is 0 Å². The van der Waals surface area contributed by atoms with Crippen LogP contribution in [0.3, 0.4) is 0 Å². The Morgan fingerprint density at radius 2 is 1.96 bits per heavy atom. The number of halogens is 1. The van der Waals surface area contributed by atoms with Crippen LogP contribution in [-0.2, 0) is 11.2 Å². The first kappa shape index (κ1) is 17.0. The van der Waals surface area contributed by atoms with Gasteiger partial charge in [0.2, 0.25) is 0 Å². The van der Waals surface area contributed by atoms with Gasteiger partial charge in [-0.1, -0.05) is 0 Å². The van der Waals surface area contributed by atoms with Gasteiger partial charge in [0.25, 0.3) is 0 Å². The minimum absolute atomic E-state index is 0.251. The molecule has 1 saturated heterocycles. The summed E-state index contributed by atoms with van der Waals surface area (Å²) in [6, 6.07) is 4.20. The maximum absolute atomic E-state index is 12.6. The number of methoxy groups -OCH3 is 2. The molecule has 0 saturated carbocycles. The van der Waals surface area contributed by atoms with Crippen LogP contribution < -0.4 is 30.7 Å². The van der Waals surface area contributed by atoms with Crippen molar-refractivity contribution in [1.29, 1.82) is 0 Å². The van der Waals surface area contributed by atoms with Gasteiger partial charge in [0, 0.05) is 0 Å². The van der Waals surface area contributed by atoms with Gasteiger partial charge in [-0.25, -0.2) is 0 Å². The number of benzene rings is 1. The molecule has 23 heavy (non-hydrogen) atoms. The molecule has 2 aliphatic heterocycles. The van der Waals surface area contributed by atoms with E-state index >= 15 is 0 Å². The van der Waals surface area contributed by atoms with Crippen LogP contribution >= 0.6 is 0 Å². The molecule has 5 heteroatoms. The normalized spacial score (nSPS) is 24.7. The average Bonchev–Trinajstić information content (AvgIpc) is 2.53. The molecule has 0 amide bonds. The Morgan fingerprint density at radius 3 is 2.61 bits per heavy atom. The van der Waals surface area contributed by atoms with Crippen molar-refractivity contribution in [2.24, 2.45) is 11.8 Å². The minimum atomic E-state index is -0.512. The number of hydrogen-bond donors (Lipinski definition) is 0. The summed E-state index contributed by atoms with van der Waals surface area (Å²) < 4.78 is 11.7. The van der Waals surface area contributed by atoms with E-state index in [4.69, 9.17) is 9.47 Å². The standard InChI is InChI=1S/C18H25INO3/c1-11(2)7-13-10-20-6-5-12-8-15(22-3)16(23-4)9-14(12)17(20)19-18(13)21/h8-9,11,13,17H,5-7,10H2,1-4H3/q-1. The van der Waals surface area contributed by atoms with E-state index in [0.29, 0.717) is 13.8 Å². The van der Waals surface area contributed by atoms with Crippen LogP contribution in [0.25, 0.3) is 0 Å². The van der Waals surface area contributed by atoms with E-state index in [1.807, 2.05) is 0 Å². The molecule has 0 N–H and O–H groups in total. The number of carbonyl (C=O) groups is 1. The molecular formula is C18H25INO3-. The van der Waals surface area contributed by atoms with Gasteiger partial charge in [0.15, 0.2) is 0 Å². The topological polar surface area (TPSA) is 38.8 Å². The summed E-state index contributed by atoms with van der Waals surface area (Å²) in [6.45, 7) is 6.39. The maximum atomic E-state index is 12.6. The Balaban J connectivity index is 1.89. The van der Waals surface area contributed by atoms with Crippen LogP contribution in [-0.4, -0.2) is 36.0 Å². The molecule has 2 aliphatic rings. The van der Waals surface area contributed by atoms with Crippen molar-refractivity contribution in [2.75, 3.05) is 27.3 Å². The summed E-state index contributed by atoms with van der Waals surface area (Å²) in [6.07, 6.45) is 2.05. The molecule has 0 spiro atoms. The molecule has 0 bridgehead atoms. The van der Waals surface area contributed by atoms with E-state index < -0.39 is 21.2 Å². The second-order valence-electron chi connectivity index (χ2n) is 6.73. The first-order chi connectivity index (χ1) is 11.0. The van der Waals surface area contributed by atoms with E-state index in [1.54, 1.807) is 14.2 Å². The monoisotopic (exact) mass is 430 g/mol. The number of fused-ring (bicyclic) bond motifs is 3. The molecule has 1 aromatic carbocycles. The van der Waals surface area contributed by atoms with Crippen molar-refractivity contribution in [3.63, 3.8) is 0 Å². The summed E-state index contributed by atoms with van der Waals surface area (Å²) >= 11 is -0.512. The third-order valence-electron chi connectivity index (χ3n) is 4.63. The third kappa shape index (κ3) is 3.36. The molecule has 3 rings (SSSR count). The Hall–Kier alpha value is -0.820. The molecule has 128 valence electrons.